The van der Waals surface area contributed by atoms with Gasteiger partial charge in [-0.3, -0.25) is 23.9 Å². The number of hydrogen-bond donors (Lipinski definition) is 1. The molecular formula is C19H20N4O5. The smallest absolute Gasteiger partial charge is 0.329 e. The van der Waals surface area contributed by atoms with Crippen LogP contribution in [0.5, 0.6) is 0 Å². The Balaban J connectivity index is 2.06. The maximum absolute atomic E-state index is 12.7. The number of aryl methyl sites for hydroxylation is 2. The molecule has 146 valence electrons. The fourth-order valence-electron chi connectivity index (χ4n) is 2.95. The lowest BCUT2D eigenvalue weighted by atomic mass is 10.1. The first-order chi connectivity index (χ1) is 13.4. The monoisotopic (exact) mass is 384 g/mol. The molecular weight excluding hydrogens is 364 g/mol. The minimum Gasteiger partial charge on any atom is -0.466 e. The fraction of sp³-hybridized carbons (Fsp3) is 0.316. The Morgan fingerprint density at radius 1 is 1.18 bits per heavy atom. The zero-order chi connectivity index (χ0) is 20.3. The van der Waals surface area contributed by atoms with Crippen molar-refractivity contribution in [2.45, 2.75) is 26.3 Å². The number of rotatable bonds is 7. The molecule has 28 heavy (non-hydrogen) atoms. The molecule has 1 aromatic carbocycles. The number of aromatic nitrogens is 4. The number of hydrogen-bond acceptors (Lipinski definition) is 6. The lowest BCUT2D eigenvalue weighted by molar-refractivity contribution is -0.143. The summed E-state index contributed by atoms with van der Waals surface area (Å²) < 4.78 is 7.59. The molecule has 0 aliphatic carbocycles. The first-order valence-corrected chi connectivity index (χ1v) is 8.84. The molecule has 0 aliphatic heterocycles. The Kier molecular flexibility index (Phi) is 5.53. The van der Waals surface area contributed by atoms with E-state index in [0.717, 1.165) is 0 Å². The van der Waals surface area contributed by atoms with Gasteiger partial charge in [0.15, 0.2) is 16.9 Å². The number of ether oxygens (including phenoxy) is 1. The average Bonchev–Trinajstić information content (AvgIpc) is 3.04. The summed E-state index contributed by atoms with van der Waals surface area (Å²) in [6.07, 6.45) is 0.214. The summed E-state index contributed by atoms with van der Waals surface area (Å²) >= 11 is 0. The molecule has 0 amide bonds. The highest BCUT2D eigenvalue weighted by Crippen LogP contribution is 2.14. The molecule has 0 atom stereocenters. The van der Waals surface area contributed by atoms with Crippen molar-refractivity contribution in [3.63, 3.8) is 0 Å². The second-order valence-corrected chi connectivity index (χ2v) is 6.20. The van der Waals surface area contributed by atoms with Crippen LogP contribution in [-0.4, -0.2) is 37.5 Å². The van der Waals surface area contributed by atoms with Crippen molar-refractivity contribution in [1.29, 1.82) is 0 Å². The Labute approximate surface area is 159 Å². The van der Waals surface area contributed by atoms with Gasteiger partial charge in [-0.2, -0.15) is 0 Å². The minimum absolute atomic E-state index is 0.0442. The Morgan fingerprint density at radius 3 is 2.57 bits per heavy atom. The summed E-state index contributed by atoms with van der Waals surface area (Å²) in [6, 6.07) is 8.66. The van der Waals surface area contributed by atoms with Gasteiger partial charge in [-0.1, -0.05) is 30.3 Å². The number of fused-ring (bicyclic) bond motifs is 1. The molecule has 3 aromatic rings. The number of nitrogens with zero attached hydrogens (tertiary/aromatic N) is 3. The van der Waals surface area contributed by atoms with E-state index in [0.29, 0.717) is 11.4 Å². The van der Waals surface area contributed by atoms with E-state index in [4.69, 9.17) is 4.74 Å². The number of aromatic amines is 1. The summed E-state index contributed by atoms with van der Waals surface area (Å²) in [4.78, 5) is 55.3. The average molecular weight is 384 g/mol. The summed E-state index contributed by atoms with van der Waals surface area (Å²) in [5, 5.41) is 0. The van der Waals surface area contributed by atoms with Gasteiger partial charge in [0.1, 0.15) is 5.82 Å². The lowest BCUT2D eigenvalue weighted by Gasteiger charge is -2.08. The van der Waals surface area contributed by atoms with Crippen molar-refractivity contribution in [2.75, 3.05) is 6.61 Å². The lowest BCUT2D eigenvalue weighted by Crippen LogP contribution is -2.29. The maximum atomic E-state index is 12.7. The number of Topliss-reactive ketones (excluding diaryl/α,β-unsaturated/α-hetero) is 1. The molecule has 9 nitrogen and oxygen atoms in total. The van der Waals surface area contributed by atoms with Crippen molar-refractivity contribution in [3.8, 4) is 0 Å². The zero-order valence-electron chi connectivity index (χ0n) is 15.6. The number of benzene rings is 1. The summed E-state index contributed by atoms with van der Waals surface area (Å²) in [6.45, 7) is 1.83. The zero-order valence-corrected chi connectivity index (χ0v) is 15.6. The number of imidazole rings is 1. The van der Waals surface area contributed by atoms with Crippen LogP contribution in [0.3, 0.4) is 0 Å². The number of nitrogens with one attached hydrogen (secondary N) is 1. The standard InChI is InChI=1S/C19H20N4O5/c1-3-28-15(25)10-9-14-20-17-16(18(26)21-19(27)22(17)2)23(14)11-13(24)12-7-5-4-6-8-12/h4-8H,3,9-11H2,1-2H3,(H,21,26,27). The van der Waals surface area contributed by atoms with Crippen molar-refractivity contribution in [3.05, 3.63) is 62.6 Å². The van der Waals surface area contributed by atoms with Crippen LogP contribution < -0.4 is 11.2 Å². The van der Waals surface area contributed by atoms with Crippen LogP contribution >= 0.6 is 0 Å². The molecule has 3 rings (SSSR count). The second kappa shape index (κ2) is 8.03. The van der Waals surface area contributed by atoms with Crippen molar-refractivity contribution < 1.29 is 14.3 Å². The summed E-state index contributed by atoms with van der Waals surface area (Å²) in [5.41, 5.74) is -0.469. The third-order valence-electron chi connectivity index (χ3n) is 4.34. The van der Waals surface area contributed by atoms with Gasteiger partial charge < -0.3 is 9.30 Å². The number of carbonyl (C=O) groups is 2. The quantitative estimate of drug-likeness (QED) is 0.476. The molecule has 0 spiro atoms. The third kappa shape index (κ3) is 3.78. The molecule has 0 fully saturated rings. The van der Waals surface area contributed by atoms with Crippen LogP contribution in [0.2, 0.25) is 0 Å². The van der Waals surface area contributed by atoms with Crippen molar-refractivity contribution in [2.24, 2.45) is 7.05 Å². The van der Waals surface area contributed by atoms with Gasteiger partial charge >= 0.3 is 11.7 Å². The highest BCUT2D eigenvalue weighted by molar-refractivity contribution is 5.96. The van der Waals surface area contributed by atoms with Crippen LogP contribution in [0.4, 0.5) is 0 Å². The molecule has 1 N–H and O–H groups in total. The number of ketones is 1. The molecule has 0 saturated heterocycles. The molecule has 0 radical (unpaired) electrons. The van der Waals surface area contributed by atoms with Gasteiger partial charge in [0.2, 0.25) is 0 Å². The highest BCUT2D eigenvalue weighted by Gasteiger charge is 2.20. The first kappa shape index (κ1) is 19.3. The minimum atomic E-state index is -0.631. The van der Waals surface area contributed by atoms with Crippen LogP contribution in [0, 0.1) is 0 Å². The van der Waals surface area contributed by atoms with Gasteiger partial charge in [0, 0.05) is 19.0 Å². The molecule has 0 unspecified atom stereocenters. The largest absolute Gasteiger partial charge is 0.466 e. The first-order valence-electron chi connectivity index (χ1n) is 8.84. The molecule has 2 aromatic heterocycles. The van der Waals surface area contributed by atoms with Gasteiger partial charge in [-0.25, -0.2) is 9.78 Å². The molecule has 0 bridgehead atoms. The van der Waals surface area contributed by atoms with Crippen LogP contribution in [-0.2, 0) is 29.5 Å². The van der Waals surface area contributed by atoms with Crippen LogP contribution in [0.15, 0.2) is 39.9 Å². The number of H-pyrrole nitrogens is 1. The topological polar surface area (TPSA) is 116 Å². The Hall–Kier alpha value is -3.49. The fourth-order valence-corrected chi connectivity index (χ4v) is 2.95. The number of carbonyl (C=O) groups excluding carboxylic acids is 2. The van der Waals surface area contributed by atoms with Gasteiger partial charge in [-0.05, 0) is 6.92 Å². The van der Waals surface area contributed by atoms with E-state index < -0.39 is 17.2 Å². The maximum Gasteiger partial charge on any atom is 0.329 e. The predicted octanol–water partition coefficient (Wildman–Crippen LogP) is 0.802. The normalized spacial score (nSPS) is 10.9. The van der Waals surface area contributed by atoms with E-state index in [1.807, 2.05) is 0 Å². The van der Waals surface area contributed by atoms with E-state index in [1.54, 1.807) is 37.3 Å². The van der Waals surface area contributed by atoms with E-state index in [2.05, 4.69) is 9.97 Å². The summed E-state index contributed by atoms with van der Waals surface area (Å²) in [7, 11) is 1.48. The second-order valence-electron chi connectivity index (χ2n) is 6.20. The predicted molar refractivity (Wildman–Crippen MR) is 101 cm³/mol. The van der Waals surface area contributed by atoms with E-state index in [-0.39, 0.29) is 42.9 Å². The van der Waals surface area contributed by atoms with Gasteiger partial charge in [-0.15, -0.1) is 0 Å². The van der Waals surface area contributed by atoms with E-state index in [1.165, 1.54) is 16.2 Å². The van der Waals surface area contributed by atoms with Crippen LogP contribution in [0.1, 0.15) is 29.5 Å². The SMILES string of the molecule is CCOC(=O)CCc1nc2c(c(=O)[nH]c(=O)n2C)n1CC(=O)c1ccccc1. The third-order valence-corrected chi connectivity index (χ3v) is 4.34. The van der Waals surface area contributed by atoms with Crippen molar-refractivity contribution in [1.82, 2.24) is 19.1 Å². The molecule has 2 heterocycles. The highest BCUT2D eigenvalue weighted by atomic mass is 16.5. The molecule has 9 heteroatoms. The molecule has 0 aliphatic rings. The van der Waals surface area contributed by atoms with Crippen LogP contribution in [0.25, 0.3) is 11.2 Å². The summed E-state index contributed by atoms with van der Waals surface area (Å²) in [5.74, 6) is -0.261. The van der Waals surface area contributed by atoms with E-state index in [9.17, 15) is 19.2 Å². The molecule has 0 saturated carbocycles. The van der Waals surface area contributed by atoms with Gasteiger partial charge in [0.05, 0.1) is 19.6 Å². The Morgan fingerprint density at radius 2 is 1.89 bits per heavy atom. The Bertz CT molecular complexity index is 1140. The van der Waals surface area contributed by atoms with Gasteiger partial charge in [0.25, 0.3) is 5.56 Å². The van der Waals surface area contributed by atoms with E-state index >= 15 is 0 Å². The number of esters is 1. The van der Waals surface area contributed by atoms with Crippen molar-refractivity contribution >= 4 is 22.9 Å².